The molecular weight excluding hydrogens is 451 g/mol. The number of amides is 2. The highest BCUT2D eigenvalue weighted by Crippen LogP contribution is 2.32. The molecule has 3 aromatic rings. The molecule has 0 bridgehead atoms. The summed E-state index contributed by atoms with van der Waals surface area (Å²) >= 11 is 0. The zero-order valence-corrected chi connectivity index (χ0v) is 18.0. The number of carbonyl (C=O) groups is 2. The van der Waals surface area contributed by atoms with Gasteiger partial charge in [-0.1, -0.05) is 18.2 Å². The molecule has 11 heteroatoms. The first-order valence-electron chi connectivity index (χ1n) is 10.3. The van der Waals surface area contributed by atoms with Crippen LogP contribution in [0.5, 0.6) is 5.75 Å². The highest BCUT2D eigenvalue weighted by molar-refractivity contribution is 6.04. The number of halogens is 3. The van der Waals surface area contributed by atoms with Crippen molar-refractivity contribution in [2.45, 2.75) is 32.2 Å². The molecule has 4 rings (SSSR count). The molecule has 0 aliphatic carbocycles. The first-order chi connectivity index (χ1) is 16.1. The van der Waals surface area contributed by atoms with E-state index in [2.05, 4.69) is 20.0 Å². The summed E-state index contributed by atoms with van der Waals surface area (Å²) in [5, 5.41) is 3.05. The molecule has 0 spiro atoms. The molecule has 2 amide bonds. The van der Waals surface area contributed by atoms with Crippen LogP contribution in [0.25, 0.3) is 11.1 Å². The molecule has 1 aliphatic heterocycles. The molecule has 1 aliphatic rings. The van der Waals surface area contributed by atoms with Gasteiger partial charge in [-0.2, -0.15) is 0 Å². The van der Waals surface area contributed by atoms with Crippen molar-refractivity contribution in [3.05, 3.63) is 60.4 Å². The van der Waals surface area contributed by atoms with Crippen LogP contribution < -0.4 is 20.7 Å². The number of carbonyl (C=O) groups excluding carboxylic acids is 2. The third-order valence-corrected chi connectivity index (χ3v) is 5.34. The number of aryl methyl sites for hydroxylation is 1. The fourth-order valence-corrected chi connectivity index (χ4v) is 3.72. The van der Waals surface area contributed by atoms with Gasteiger partial charge in [0.05, 0.1) is 0 Å². The van der Waals surface area contributed by atoms with E-state index in [0.29, 0.717) is 28.9 Å². The van der Waals surface area contributed by atoms with Crippen LogP contribution in [0.1, 0.15) is 18.4 Å². The van der Waals surface area contributed by atoms with E-state index in [1.165, 1.54) is 41.6 Å². The largest absolute Gasteiger partial charge is 0.573 e. The Balaban J connectivity index is 1.50. The van der Waals surface area contributed by atoms with E-state index in [9.17, 15) is 22.8 Å². The SMILES string of the molecule is Cc1ccc(Nc2ncc(-c3ccc(OC(F)(F)F)cc3)cn2)cc1N1C(=O)CC[C@H]1C(N)=O. The highest BCUT2D eigenvalue weighted by atomic mass is 19.4. The molecule has 0 radical (unpaired) electrons. The maximum atomic E-state index is 12.4. The zero-order valence-electron chi connectivity index (χ0n) is 18.0. The van der Waals surface area contributed by atoms with Crippen LogP contribution in [0.4, 0.5) is 30.5 Å². The molecule has 2 aromatic carbocycles. The van der Waals surface area contributed by atoms with Crippen molar-refractivity contribution < 1.29 is 27.5 Å². The van der Waals surface area contributed by atoms with Crippen LogP contribution in [0.2, 0.25) is 0 Å². The summed E-state index contributed by atoms with van der Waals surface area (Å²) in [5.41, 5.74) is 8.67. The Morgan fingerprint density at radius 1 is 1.12 bits per heavy atom. The second-order valence-corrected chi connectivity index (χ2v) is 7.71. The Bertz CT molecular complexity index is 1210. The van der Waals surface area contributed by atoms with E-state index in [4.69, 9.17) is 5.73 Å². The summed E-state index contributed by atoms with van der Waals surface area (Å²) in [5.74, 6) is -0.771. The van der Waals surface area contributed by atoms with E-state index in [1.807, 2.05) is 6.92 Å². The zero-order chi connectivity index (χ0) is 24.5. The fraction of sp³-hybridized carbons (Fsp3) is 0.217. The molecule has 0 saturated carbocycles. The summed E-state index contributed by atoms with van der Waals surface area (Å²) in [6.45, 7) is 1.83. The molecule has 1 saturated heterocycles. The third-order valence-electron chi connectivity index (χ3n) is 5.34. The van der Waals surface area contributed by atoms with Crippen LogP contribution >= 0.6 is 0 Å². The van der Waals surface area contributed by atoms with Gasteiger partial charge in [-0.15, -0.1) is 13.2 Å². The monoisotopic (exact) mass is 471 g/mol. The number of primary amides is 1. The van der Waals surface area contributed by atoms with Crippen molar-refractivity contribution in [2.75, 3.05) is 10.2 Å². The maximum absolute atomic E-state index is 12.4. The average Bonchev–Trinajstić information content (AvgIpc) is 3.17. The summed E-state index contributed by atoms with van der Waals surface area (Å²) in [6.07, 6.45) is -1.08. The Kier molecular flexibility index (Phi) is 6.10. The molecular formula is C23H20F3N5O3. The molecule has 1 aromatic heterocycles. The Labute approximate surface area is 192 Å². The summed E-state index contributed by atoms with van der Waals surface area (Å²) in [6, 6.07) is 10.00. The molecule has 1 fully saturated rings. The van der Waals surface area contributed by atoms with E-state index in [1.54, 1.807) is 18.2 Å². The highest BCUT2D eigenvalue weighted by Gasteiger charge is 2.36. The molecule has 2 heterocycles. The normalized spacial score (nSPS) is 15.9. The van der Waals surface area contributed by atoms with Gasteiger partial charge in [0.2, 0.25) is 17.8 Å². The first-order valence-corrected chi connectivity index (χ1v) is 10.3. The van der Waals surface area contributed by atoms with Gasteiger partial charge < -0.3 is 15.8 Å². The number of hydrogen-bond donors (Lipinski definition) is 2. The standard InChI is InChI=1S/C23H20F3N5O3/c1-13-2-5-16(10-19(13)31-18(21(27)33)8-9-20(31)32)30-22-28-11-15(12-29-22)14-3-6-17(7-4-14)34-23(24,25)26/h2-7,10-12,18H,8-9H2,1H3,(H2,27,33)(H,28,29,30)/t18-/m0/s1. The molecule has 34 heavy (non-hydrogen) atoms. The molecule has 0 unspecified atom stereocenters. The average molecular weight is 471 g/mol. The molecule has 8 nitrogen and oxygen atoms in total. The minimum absolute atomic E-state index is 0.170. The van der Waals surface area contributed by atoms with Crippen molar-refractivity contribution >= 4 is 29.1 Å². The van der Waals surface area contributed by atoms with Crippen LogP contribution in [0.15, 0.2) is 54.9 Å². The van der Waals surface area contributed by atoms with Gasteiger partial charge in [0, 0.05) is 35.8 Å². The van der Waals surface area contributed by atoms with E-state index >= 15 is 0 Å². The lowest BCUT2D eigenvalue weighted by molar-refractivity contribution is -0.274. The van der Waals surface area contributed by atoms with E-state index < -0.39 is 18.3 Å². The van der Waals surface area contributed by atoms with Crippen LogP contribution in [0.3, 0.4) is 0 Å². The fourth-order valence-electron chi connectivity index (χ4n) is 3.72. The first kappa shape index (κ1) is 23.0. The van der Waals surface area contributed by atoms with Gasteiger partial charge in [0.15, 0.2) is 0 Å². The Hall–Kier alpha value is -4.15. The van der Waals surface area contributed by atoms with E-state index in [-0.39, 0.29) is 24.0 Å². The number of nitrogens with zero attached hydrogens (tertiary/aromatic N) is 3. The number of alkyl halides is 3. The van der Waals surface area contributed by atoms with Crippen LogP contribution in [0, 0.1) is 6.92 Å². The minimum atomic E-state index is -4.75. The number of nitrogens with one attached hydrogen (secondary N) is 1. The van der Waals surface area contributed by atoms with Crippen molar-refractivity contribution in [1.82, 2.24) is 9.97 Å². The van der Waals surface area contributed by atoms with Gasteiger partial charge in [0.25, 0.3) is 0 Å². The molecule has 1 atom stereocenters. The Morgan fingerprint density at radius 3 is 2.41 bits per heavy atom. The van der Waals surface area contributed by atoms with Gasteiger partial charge in [-0.3, -0.25) is 14.5 Å². The lowest BCUT2D eigenvalue weighted by atomic mass is 10.1. The summed E-state index contributed by atoms with van der Waals surface area (Å²) in [4.78, 5) is 34.1. The van der Waals surface area contributed by atoms with Crippen molar-refractivity contribution in [3.8, 4) is 16.9 Å². The smallest absolute Gasteiger partial charge is 0.406 e. The number of anilines is 3. The number of rotatable bonds is 6. The van der Waals surface area contributed by atoms with Crippen molar-refractivity contribution in [3.63, 3.8) is 0 Å². The minimum Gasteiger partial charge on any atom is -0.406 e. The van der Waals surface area contributed by atoms with Gasteiger partial charge in [-0.25, -0.2) is 9.97 Å². The van der Waals surface area contributed by atoms with Crippen molar-refractivity contribution in [1.29, 1.82) is 0 Å². The predicted molar refractivity (Wildman–Crippen MR) is 118 cm³/mol. The third kappa shape index (κ3) is 5.08. The van der Waals surface area contributed by atoms with Gasteiger partial charge in [-0.05, 0) is 48.7 Å². The molecule has 3 N–H and O–H groups in total. The lowest BCUT2D eigenvalue weighted by Gasteiger charge is -2.25. The number of ether oxygens (including phenoxy) is 1. The predicted octanol–water partition coefficient (Wildman–Crippen LogP) is 4.07. The van der Waals surface area contributed by atoms with Crippen LogP contribution in [-0.2, 0) is 9.59 Å². The van der Waals surface area contributed by atoms with E-state index in [0.717, 1.165) is 5.56 Å². The van der Waals surface area contributed by atoms with Crippen LogP contribution in [-0.4, -0.2) is 34.2 Å². The Morgan fingerprint density at radius 2 is 1.79 bits per heavy atom. The second-order valence-electron chi connectivity index (χ2n) is 7.71. The lowest BCUT2D eigenvalue weighted by Crippen LogP contribution is -2.42. The maximum Gasteiger partial charge on any atom is 0.573 e. The molecule has 176 valence electrons. The number of hydrogen-bond acceptors (Lipinski definition) is 6. The summed E-state index contributed by atoms with van der Waals surface area (Å²) < 4.78 is 40.8. The van der Waals surface area contributed by atoms with Crippen molar-refractivity contribution in [2.24, 2.45) is 5.73 Å². The number of benzene rings is 2. The summed E-state index contributed by atoms with van der Waals surface area (Å²) in [7, 11) is 0. The number of nitrogens with two attached hydrogens (primary N) is 1. The van der Waals surface area contributed by atoms with Gasteiger partial charge >= 0.3 is 6.36 Å². The number of aromatic nitrogens is 2. The van der Waals surface area contributed by atoms with Gasteiger partial charge in [0.1, 0.15) is 11.8 Å². The second kappa shape index (κ2) is 9.00. The quantitative estimate of drug-likeness (QED) is 0.561. The topological polar surface area (TPSA) is 110 Å².